The predicted octanol–water partition coefficient (Wildman–Crippen LogP) is 3.07. The second-order valence-electron chi connectivity index (χ2n) is 4.19. The fourth-order valence-electron chi connectivity index (χ4n) is 2.19. The number of fused-ring (bicyclic) bond motifs is 1. The van der Waals surface area contributed by atoms with E-state index in [1.54, 1.807) is 11.3 Å². The van der Waals surface area contributed by atoms with Gasteiger partial charge in [0.05, 0.1) is 23.4 Å². The molecule has 2 aromatic heterocycles. The summed E-state index contributed by atoms with van der Waals surface area (Å²) in [7, 11) is 0. The largest absolute Gasteiger partial charge is 0.399 e. The Balaban J connectivity index is 2.13. The molecule has 0 fully saturated rings. The SMILES string of the molecule is CCC(c1nccs1)n1cnc2cc(N)ccc21. The van der Waals surface area contributed by atoms with Crippen LogP contribution in [0.5, 0.6) is 0 Å². The summed E-state index contributed by atoms with van der Waals surface area (Å²) in [6.07, 6.45) is 4.71. The molecule has 1 aromatic carbocycles. The minimum atomic E-state index is 0.249. The zero-order chi connectivity index (χ0) is 12.5. The van der Waals surface area contributed by atoms with Gasteiger partial charge in [-0.05, 0) is 24.6 Å². The van der Waals surface area contributed by atoms with Crippen LogP contribution < -0.4 is 5.73 Å². The van der Waals surface area contributed by atoms with Crippen molar-refractivity contribution in [1.29, 1.82) is 0 Å². The van der Waals surface area contributed by atoms with E-state index >= 15 is 0 Å². The second-order valence-corrected chi connectivity index (χ2v) is 5.12. The first-order valence-corrected chi connectivity index (χ1v) is 6.79. The van der Waals surface area contributed by atoms with Crippen LogP contribution >= 0.6 is 11.3 Å². The first kappa shape index (κ1) is 11.2. The van der Waals surface area contributed by atoms with Crippen molar-refractivity contribution >= 4 is 28.1 Å². The Morgan fingerprint density at radius 1 is 1.39 bits per heavy atom. The van der Waals surface area contributed by atoms with Gasteiger partial charge in [-0.25, -0.2) is 9.97 Å². The van der Waals surface area contributed by atoms with Crippen LogP contribution in [0.3, 0.4) is 0 Å². The lowest BCUT2D eigenvalue weighted by Crippen LogP contribution is -2.08. The van der Waals surface area contributed by atoms with Crippen LogP contribution in [0.15, 0.2) is 36.1 Å². The Labute approximate surface area is 109 Å². The van der Waals surface area contributed by atoms with E-state index in [1.807, 2.05) is 36.1 Å². The maximum absolute atomic E-state index is 5.78. The minimum Gasteiger partial charge on any atom is -0.399 e. The molecule has 1 atom stereocenters. The molecule has 0 bridgehead atoms. The fourth-order valence-corrected chi connectivity index (χ4v) is 3.01. The molecule has 92 valence electrons. The van der Waals surface area contributed by atoms with Gasteiger partial charge in [0.25, 0.3) is 0 Å². The Kier molecular flexibility index (Phi) is 2.76. The number of nitrogens with two attached hydrogens (primary N) is 1. The van der Waals surface area contributed by atoms with E-state index in [9.17, 15) is 0 Å². The van der Waals surface area contributed by atoms with Crippen molar-refractivity contribution in [2.45, 2.75) is 19.4 Å². The Morgan fingerprint density at radius 2 is 2.28 bits per heavy atom. The zero-order valence-electron chi connectivity index (χ0n) is 10.1. The molecule has 0 aliphatic carbocycles. The molecule has 1 unspecified atom stereocenters. The maximum atomic E-state index is 5.78. The molecule has 0 saturated carbocycles. The average molecular weight is 258 g/mol. The Bertz CT molecular complexity index is 657. The molecular formula is C13H14N4S. The molecule has 0 saturated heterocycles. The summed E-state index contributed by atoms with van der Waals surface area (Å²) >= 11 is 1.68. The number of benzene rings is 1. The average Bonchev–Trinajstić information content (AvgIpc) is 3.00. The number of nitrogens with zero attached hydrogens (tertiary/aromatic N) is 3. The summed E-state index contributed by atoms with van der Waals surface area (Å²) in [6.45, 7) is 2.16. The van der Waals surface area contributed by atoms with Crippen LogP contribution in [0.1, 0.15) is 24.4 Å². The minimum absolute atomic E-state index is 0.249. The molecule has 3 rings (SSSR count). The van der Waals surface area contributed by atoms with Gasteiger partial charge in [0.1, 0.15) is 5.01 Å². The van der Waals surface area contributed by atoms with E-state index in [2.05, 4.69) is 21.5 Å². The van der Waals surface area contributed by atoms with Crippen LogP contribution in [0.2, 0.25) is 0 Å². The molecule has 18 heavy (non-hydrogen) atoms. The van der Waals surface area contributed by atoms with E-state index in [4.69, 9.17) is 5.73 Å². The van der Waals surface area contributed by atoms with Crippen LogP contribution in [0.4, 0.5) is 5.69 Å². The van der Waals surface area contributed by atoms with Gasteiger partial charge >= 0.3 is 0 Å². The lowest BCUT2D eigenvalue weighted by molar-refractivity contribution is 0.578. The van der Waals surface area contributed by atoms with Crippen molar-refractivity contribution in [3.8, 4) is 0 Å². The third-order valence-corrected chi connectivity index (χ3v) is 3.93. The number of anilines is 1. The summed E-state index contributed by atoms with van der Waals surface area (Å²) in [5, 5.41) is 3.13. The molecule has 0 aliphatic heterocycles. The van der Waals surface area contributed by atoms with Crippen molar-refractivity contribution in [3.05, 3.63) is 41.1 Å². The van der Waals surface area contributed by atoms with Gasteiger partial charge in [0, 0.05) is 17.3 Å². The smallest absolute Gasteiger partial charge is 0.115 e. The number of thiazole rings is 1. The van der Waals surface area contributed by atoms with E-state index in [0.29, 0.717) is 0 Å². The van der Waals surface area contributed by atoms with Gasteiger partial charge in [-0.3, -0.25) is 0 Å². The molecule has 2 heterocycles. The topological polar surface area (TPSA) is 56.7 Å². The molecule has 4 nitrogen and oxygen atoms in total. The molecule has 0 radical (unpaired) electrons. The van der Waals surface area contributed by atoms with Gasteiger partial charge in [0.15, 0.2) is 0 Å². The quantitative estimate of drug-likeness (QED) is 0.734. The number of nitrogen functional groups attached to an aromatic ring is 1. The third kappa shape index (κ3) is 1.76. The first-order chi connectivity index (χ1) is 8.79. The summed E-state index contributed by atoms with van der Waals surface area (Å²) in [4.78, 5) is 8.83. The predicted molar refractivity (Wildman–Crippen MR) is 74.7 cm³/mol. The highest BCUT2D eigenvalue weighted by atomic mass is 32.1. The highest BCUT2D eigenvalue weighted by molar-refractivity contribution is 7.09. The van der Waals surface area contributed by atoms with Crippen molar-refractivity contribution in [3.63, 3.8) is 0 Å². The molecule has 0 spiro atoms. The summed E-state index contributed by atoms with van der Waals surface area (Å²) in [5.74, 6) is 0. The van der Waals surface area contributed by atoms with Gasteiger partial charge in [0.2, 0.25) is 0 Å². The Morgan fingerprint density at radius 3 is 3.00 bits per heavy atom. The van der Waals surface area contributed by atoms with Gasteiger partial charge in [-0.15, -0.1) is 11.3 Å². The van der Waals surface area contributed by atoms with E-state index in [1.165, 1.54) is 0 Å². The van der Waals surface area contributed by atoms with Crippen LogP contribution in [0.25, 0.3) is 11.0 Å². The van der Waals surface area contributed by atoms with Gasteiger partial charge < -0.3 is 10.3 Å². The molecule has 2 N–H and O–H groups in total. The summed E-state index contributed by atoms with van der Waals surface area (Å²) in [6, 6.07) is 6.09. The Hall–Kier alpha value is -1.88. The fraction of sp³-hybridized carbons (Fsp3) is 0.231. The molecule has 3 aromatic rings. The van der Waals surface area contributed by atoms with Crippen molar-refractivity contribution < 1.29 is 0 Å². The van der Waals surface area contributed by atoms with Crippen molar-refractivity contribution in [2.24, 2.45) is 0 Å². The monoisotopic (exact) mass is 258 g/mol. The summed E-state index contributed by atoms with van der Waals surface area (Å²) < 4.78 is 2.17. The normalized spacial score (nSPS) is 12.9. The lowest BCUT2D eigenvalue weighted by Gasteiger charge is -2.14. The molecular weight excluding hydrogens is 244 g/mol. The number of aromatic nitrogens is 3. The maximum Gasteiger partial charge on any atom is 0.115 e. The number of rotatable bonds is 3. The van der Waals surface area contributed by atoms with Crippen LogP contribution in [-0.4, -0.2) is 14.5 Å². The van der Waals surface area contributed by atoms with E-state index < -0.39 is 0 Å². The first-order valence-electron chi connectivity index (χ1n) is 5.91. The lowest BCUT2D eigenvalue weighted by atomic mass is 10.2. The highest BCUT2D eigenvalue weighted by Gasteiger charge is 2.16. The van der Waals surface area contributed by atoms with Crippen LogP contribution in [0, 0.1) is 0 Å². The zero-order valence-corrected chi connectivity index (χ0v) is 10.9. The van der Waals surface area contributed by atoms with Crippen molar-refractivity contribution in [2.75, 3.05) is 5.73 Å². The second kappa shape index (κ2) is 4.42. The van der Waals surface area contributed by atoms with Gasteiger partial charge in [-0.1, -0.05) is 6.92 Å². The molecule has 0 aliphatic rings. The van der Waals surface area contributed by atoms with Gasteiger partial charge in [-0.2, -0.15) is 0 Å². The molecule has 5 heteroatoms. The standard InChI is InChI=1S/C13H14N4S/c1-2-11(13-15-5-6-18-13)17-8-16-10-7-9(14)3-4-12(10)17/h3-8,11H,2,14H2,1H3. The number of imidazole rings is 1. The number of hydrogen-bond donors (Lipinski definition) is 1. The number of hydrogen-bond acceptors (Lipinski definition) is 4. The van der Waals surface area contributed by atoms with Crippen LogP contribution in [-0.2, 0) is 0 Å². The van der Waals surface area contributed by atoms with E-state index in [0.717, 1.165) is 28.1 Å². The summed E-state index contributed by atoms with van der Waals surface area (Å²) in [5.41, 5.74) is 8.56. The molecule has 0 amide bonds. The third-order valence-electron chi connectivity index (χ3n) is 3.06. The van der Waals surface area contributed by atoms with E-state index in [-0.39, 0.29) is 6.04 Å². The van der Waals surface area contributed by atoms with Crippen molar-refractivity contribution in [1.82, 2.24) is 14.5 Å². The highest BCUT2D eigenvalue weighted by Crippen LogP contribution is 2.28.